The fraction of sp³-hybridized carbons (Fsp3) is 1.00. The van der Waals surface area contributed by atoms with Gasteiger partial charge in [0.25, 0.3) is 0 Å². The number of hydrogen-bond donors (Lipinski definition) is 2. The van der Waals surface area contributed by atoms with Gasteiger partial charge in [-0.1, -0.05) is 13.3 Å². The third kappa shape index (κ3) is 1.96. The second-order valence-corrected chi connectivity index (χ2v) is 3.08. The quantitative estimate of drug-likeness (QED) is 0.564. The maximum atomic E-state index is 8.84. The molecule has 0 aromatic carbocycles. The highest BCUT2D eigenvalue weighted by molar-refractivity contribution is 4.78. The van der Waals surface area contributed by atoms with Crippen LogP contribution < -0.4 is 5.32 Å². The first kappa shape index (κ1) is 8.02. The van der Waals surface area contributed by atoms with Crippen molar-refractivity contribution in [1.82, 2.24) is 5.32 Å². The first-order chi connectivity index (χ1) is 4.86. The van der Waals surface area contributed by atoms with E-state index in [1.807, 2.05) is 0 Å². The number of hydrogen-bond acceptors (Lipinski definition) is 2. The molecule has 0 amide bonds. The summed E-state index contributed by atoms with van der Waals surface area (Å²) in [6.07, 6.45) is 4.90. The molecular formula is C8H17NO. The molecular weight excluding hydrogens is 127 g/mol. The van der Waals surface area contributed by atoms with Gasteiger partial charge in [0.05, 0.1) is 6.61 Å². The Hall–Kier alpha value is -0.0800. The number of aliphatic hydroxyl groups is 1. The molecule has 2 atom stereocenters. The standard InChI is InChI=1S/C8H17NO/c1-2-7-4-3-5-8(6-10)9-7/h7-10H,2-6H2,1H3/t7-,8-/m1/s1/i6+1. The summed E-state index contributed by atoms with van der Waals surface area (Å²) in [5.74, 6) is 0. The molecule has 1 fully saturated rings. The summed E-state index contributed by atoms with van der Waals surface area (Å²) in [4.78, 5) is 0. The van der Waals surface area contributed by atoms with Crippen LogP contribution >= 0.6 is 0 Å². The fourth-order valence-electron chi connectivity index (χ4n) is 1.58. The van der Waals surface area contributed by atoms with E-state index in [0.717, 1.165) is 6.42 Å². The monoisotopic (exact) mass is 144 g/mol. The van der Waals surface area contributed by atoms with E-state index in [4.69, 9.17) is 5.11 Å². The smallest absolute Gasteiger partial charge is 0.0584 e. The van der Waals surface area contributed by atoms with Crippen molar-refractivity contribution >= 4 is 0 Å². The van der Waals surface area contributed by atoms with Crippen molar-refractivity contribution in [2.45, 2.75) is 44.7 Å². The molecule has 1 aliphatic rings. The summed E-state index contributed by atoms with van der Waals surface area (Å²) >= 11 is 0. The Morgan fingerprint density at radius 3 is 2.70 bits per heavy atom. The highest BCUT2D eigenvalue weighted by Crippen LogP contribution is 2.13. The predicted molar refractivity (Wildman–Crippen MR) is 41.9 cm³/mol. The van der Waals surface area contributed by atoms with Gasteiger partial charge in [-0.15, -0.1) is 0 Å². The molecule has 1 heterocycles. The van der Waals surface area contributed by atoms with Gasteiger partial charge in [0, 0.05) is 12.1 Å². The molecule has 10 heavy (non-hydrogen) atoms. The number of rotatable bonds is 2. The summed E-state index contributed by atoms with van der Waals surface area (Å²) in [6, 6.07) is 1.03. The lowest BCUT2D eigenvalue weighted by Crippen LogP contribution is -2.43. The zero-order chi connectivity index (χ0) is 7.40. The molecule has 0 aromatic rings. The normalized spacial score (nSPS) is 34.2. The van der Waals surface area contributed by atoms with Crippen LogP contribution in [0.2, 0.25) is 0 Å². The van der Waals surface area contributed by atoms with Crippen LogP contribution in [0.4, 0.5) is 0 Å². The largest absolute Gasteiger partial charge is 0.395 e. The molecule has 0 unspecified atom stereocenters. The van der Waals surface area contributed by atoms with Crippen LogP contribution in [0.15, 0.2) is 0 Å². The lowest BCUT2D eigenvalue weighted by atomic mass is 10.0. The van der Waals surface area contributed by atoms with Crippen molar-refractivity contribution in [2.75, 3.05) is 6.61 Å². The Labute approximate surface area is 62.6 Å². The molecule has 0 spiro atoms. The van der Waals surface area contributed by atoms with Gasteiger partial charge >= 0.3 is 0 Å². The van der Waals surface area contributed by atoms with Gasteiger partial charge in [-0.3, -0.25) is 0 Å². The summed E-state index contributed by atoms with van der Waals surface area (Å²) < 4.78 is 0. The van der Waals surface area contributed by atoms with E-state index in [9.17, 15) is 0 Å². The van der Waals surface area contributed by atoms with Gasteiger partial charge in [0.15, 0.2) is 0 Å². The molecule has 2 nitrogen and oxygen atoms in total. The van der Waals surface area contributed by atoms with E-state index in [2.05, 4.69) is 12.2 Å². The molecule has 1 saturated heterocycles. The van der Waals surface area contributed by atoms with Crippen molar-refractivity contribution in [3.05, 3.63) is 0 Å². The van der Waals surface area contributed by atoms with Gasteiger partial charge in [0.1, 0.15) is 0 Å². The molecule has 2 N–H and O–H groups in total. The third-order valence-electron chi connectivity index (χ3n) is 2.29. The second kappa shape index (κ2) is 3.94. The van der Waals surface area contributed by atoms with Crippen LogP contribution in [0.5, 0.6) is 0 Å². The Kier molecular flexibility index (Phi) is 3.16. The van der Waals surface area contributed by atoms with Gasteiger partial charge in [-0.05, 0) is 19.3 Å². The van der Waals surface area contributed by atoms with Crippen LogP contribution in [-0.4, -0.2) is 23.8 Å². The van der Waals surface area contributed by atoms with Crippen LogP contribution in [0.25, 0.3) is 0 Å². The molecule has 0 bridgehead atoms. The molecule has 1 aliphatic heterocycles. The average molecular weight is 144 g/mol. The molecule has 60 valence electrons. The van der Waals surface area contributed by atoms with E-state index in [0.29, 0.717) is 18.7 Å². The number of nitrogens with one attached hydrogen (secondary N) is 1. The van der Waals surface area contributed by atoms with Gasteiger partial charge in [-0.25, -0.2) is 0 Å². The van der Waals surface area contributed by atoms with Crippen molar-refractivity contribution in [1.29, 1.82) is 0 Å². The SMILES string of the molecule is CC[C@@H]1CCC[C@H]([13CH2]O)N1. The molecule has 0 aromatic heterocycles. The van der Waals surface area contributed by atoms with E-state index < -0.39 is 0 Å². The fourth-order valence-corrected chi connectivity index (χ4v) is 1.58. The van der Waals surface area contributed by atoms with Crippen molar-refractivity contribution < 1.29 is 5.11 Å². The Balaban J connectivity index is 2.25. The van der Waals surface area contributed by atoms with Gasteiger partial charge in [-0.2, -0.15) is 0 Å². The topological polar surface area (TPSA) is 32.3 Å². The van der Waals surface area contributed by atoms with Gasteiger partial charge < -0.3 is 10.4 Å². The van der Waals surface area contributed by atoms with Gasteiger partial charge in [0.2, 0.25) is 0 Å². The Morgan fingerprint density at radius 1 is 1.40 bits per heavy atom. The van der Waals surface area contributed by atoms with E-state index >= 15 is 0 Å². The van der Waals surface area contributed by atoms with E-state index in [1.54, 1.807) is 0 Å². The predicted octanol–water partition coefficient (Wildman–Crippen LogP) is 0.899. The summed E-state index contributed by atoms with van der Waals surface area (Å²) in [7, 11) is 0. The lowest BCUT2D eigenvalue weighted by molar-refractivity contribution is 0.196. The Bertz CT molecular complexity index is 85.3. The summed E-state index contributed by atoms with van der Waals surface area (Å²) in [5.41, 5.74) is 0. The second-order valence-electron chi connectivity index (χ2n) is 3.08. The lowest BCUT2D eigenvalue weighted by Gasteiger charge is -2.28. The molecule has 0 aliphatic carbocycles. The minimum absolute atomic E-state index is 0.302. The number of piperidine rings is 1. The molecule has 0 radical (unpaired) electrons. The minimum atomic E-state index is 0.302. The highest BCUT2D eigenvalue weighted by Gasteiger charge is 2.17. The first-order valence-electron chi connectivity index (χ1n) is 4.23. The summed E-state index contributed by atoms with van der Waals surface area (Å²) in [5, 5.41) is 12.2. The molecule has 0 saturated carbocycles. The van der Waals surface area contributed by atoms with Crippen molar-refractivity contribution in [3.63, 3.8) is 0 Å². The number of aliphatic hydroxyl groups excluding tert-OH is 1. The van der Waals surface area contributed by atoms with E-state index in [1.165, 1.54) is 19.3 Å². The van der Waals surface area contributed by atoms with Crippen molar-refractivity contribution in [3.8, 4) is 0 Å². The summed E-state index contributed by atoms with van der Waals surface area (Å²) in [6.45, 7) is 2.49. The van der Waals surface area contributed by atoms with Crippen molar-refractivity contribution in [2.24, 2.45) is 0 Å². The zero-order valence-corrected chi connectivity index (χ0v) is 6.64. The van der Waals surface area contributed by atoms with Crippen LogP contribution in [-0.2, 0) is 0 Å². The highest BCUT2D eigenvalue weighted by atomic mass is 16.3. The zero-order valence-electron chi connectivity index (χ0n) is 6.64. The average Bonchev–Trinajstić information content (AvgIpc) is 2.05. The Morgan fingerprint density at radius 2 is 2.10 bits per heavy atom. The minimum Gasteiger partial charge on any atom is -0.395 e. The van der Waals surface area contributed by atoms with Crippen LogP contribution in [0.3, 0.4) is 0 Å². The molecule has 2 heteroatoms. The van der Waals surface area contributed by atoms with Crippen LogP contribution in [0.1, 0.15) is 32.6 Å². The maximum absolute atomic E-state index is 8.84. The van der Waals surface area contributed by atoms with E-state index in [-0.39, 0.29) is 0 Å². The maximum Gasteiger partial charge on any atom is 0.0584 e. The molecule has 1 rings (SSSR count). The third-order valence-corrected chi connectivity index (χ3v) is 2.29. The van der Waals surface area contributed by atoms with Crippen LogP contribution in [0, 0.1) is 0 Å². The first-order valence-corrected chi connectivity index (χ1v) is 4.23.